The van der Waals surface area contributed by atoms with E-state index in [1.807, 2.05) is 49.4 Å². The summed E-state index contributed by atoms with van der Waals surface area (Å²) in [4.78, 5) is 16.3. The molecule has 22 heavy (non-hydrogen) atoms. The Labute approximate surface area is 136 Å². The monoisotopic (exact) mass is 356 g/mol. The Bertz CT molecular complexity index is 835. The minimum atomic E-state index is -0.233. The topological polar surface area (TPSA) is 55.1 Å². The molecule has 1 heterocycles. The zero-order valence-electron chi connectivity index (χ0n) is 11.8. The third-order valence-electron chi connectivity index (χ3n) is 3.15. The summed E-state index contributed by atoms with van der Waals surface area (Å²) in [5, 5.41) is 2.83. The molecule has 0 radical (unpaired) electrons. The van der Waals surface area contributed by atoms with Gasteiger partial charge in [-0.05, 0) is 36.8 Å². The molecular weight excluding hydrogens is 344 g/mol. The molecule has 0 aliphatic heterocycles. The number of aryl methyl sites for hydroxylation is 1. The molecule has 1 N–H and O–H groups in total. The lowest BCUT2D eigenvalue weighted by Gasteiger charge is -2.06. The molecule has 4 nitrogen and oxygen atoms in total. The first-order valence-corrected chi connectivity index (χ1v) is 7.52. The van der Waals surface area contributed by atoms with Crippen molar-refractivity contribution in [2.45, 2.75) is 6.92 Å². The maximum Gasteiger partial charge on any atom is 0.248 e. The van der Waals surface area contributed by atoms with Crippen LogP contribution in [-0.2, 0) is 4.79 Å². The van der Waals surface area contributed by atoms with Crippen molar-refractivity contribution in [3.05, 3.63) is 64.5 Å². The quantitative estimate of drug-likeness (QED) is 0.700. The normalized spacial score (nSPS) is 11.2. The Morgan fingerprint density at radius 2 is 2.09 bits per heavy atom. The first-order valence-electron chi connectivity index (χ1n) is 6.72. The van der Waals surface area contributed by atoms with Gasteiger partial charge in [0.25, 0.3) is 0 Å². The van der Waals surface area contributed by atoms with E-state index in [0.717, 1.165) is 21.2 Å². The molecule has 1 amide bonds. The summed E-state index contributed by atoms with van der Waals surface area (Å²) < 4.78 is 6.44. The van der Waals surface area contributed by atoms with E-state index < -0.39 is 0 Å². The fourth-order valence-corrected chi connectivity index (χ4v) is 2.37. The molecule has 3 aromatic rings. The number of hydrogen-bond acceptors (Lipinski definition) is 3. The fraction of sp³-hybridized carbons (Fsp3) is 0.0588. The summed E-state index contributed by atoms with van der Waals surface area (Å²) in [7, 11) is 0. The fourth-order valence-electron chi connectivity index (χ4n) is 2.01. The lowest BCUT2D eigenvalue weighted by Crippen LogP contribution is -2.08. The van der Waals surface area contributed by atoms with Crippen molar-refractivity contribution in [2.24, 2.45) is 0 Å². The number of hydrogen-bond donors (Lipinski definition) is 1. The highest BCUT2D eigenvalue weighted by Gasteiger charge is 2.04. The van der Waals surface area contributed by atoms with Crippen LogP contribution in [0.3, 0.4) is 0 Å². The van der Waals surface area contributed by atoms with Crippen LogP contribution in [-0.4, -0.2) is 10.9 Å². The lowest BCUT2D eigenvalue weighted by atomic mass is 10.2. The number of para-hydroxylation sites is 2. The number of anilines is 1. The van der Waals surface area contributed by atoms with Gasteiger partial charge in [-0.1, -0.05) is 34.1 Å². The van der Waals surface area contributed by atoms with Gasteiger partial charge < -0.3 is 9.73 Å². The average Bonchev–Trinajstić information content (AvgIpc) is 2.92. The van der Waals surface area contributed by atoms with Crippen LogP contribution in [0.2, 0.25) is 0 Å². The van der Waals surface area contributed by atoms with Crippen molar-refractivity contribution in [1.82, 2.24) is 4.98 Å². The molecule has 0 aliphatic carbocycles. The van der Waals surface area contributed by atoms with Gasteiger partial charge in [0.1, 0.15) is 5.52 Å². The first-order chi connectivity index (χ1) is 10.6. The summed E-state index contributed by atoms with van der Waals surface area (Å²) in [6.07, 6.45) is 2.97. The van der Waals surface area contributed by atoms with Gasteiger partial charge in [0.2, 0.25) is 11.8 Å². The molecule has 0 saturated heterocycles. The number of benzene rings is 2. The number of carbonyl (C=O) groups excluding carboxylic acids is 1. The molecule has 0 bridgehead atoms. The molecule has 0 aliphatic rings. The number of fused-ring (bicyclic) bond motifs is 1. The Balaban J connectivity index is 1.74. The molecule has 0 saturated carbocycles. The standard InChI is InChI=1S/C17H13BrN2O2/c1-11-6-7-12(18)10-14(11)19-16(21)8-9-17-20-13-4-2-3-5-15(13)22-17/h2-10H,1H3,(H,19,21)/b9-8+. The van der Waals surface area contributed by atoms with E-state index in [9.17, 15) is 4.79 Å². The molecule has 3 rings (SSSR count). The summed E-state index contributed by atoms with van der Waals surface area (Å²) in [6, 6.07) is 13.2. The second kappa shape index (κ2) is 6.15. The number of amides is 1. The van der Waals surface area contributed by atoms with E-state index in [0.29, 0.717) is 11.5 Å². The minimum absolute atomic E-state index is 0.233. The van der Waals surface area contributed by atoms with Crippen LogP contribution in [0.4, 0.5) is 5.69 Å². The van der Waals surface area contributed by atoms with Crippen LogP contribution in [0.1, 0.15) is 11.5 Å². The number of carbonyl (C=O) groups is 1. The van der Waals surface area contributed by atoms with Crippen molar-refractivity contribution >= 4 is 44.7 Å². The van der Waals surface area contributed by atoms with Crippen LogP contribution in [0, 0.1) is 6.92 Å². The largest absolute Gasteiger partial charge is 0.437 e. The van der Waals surface area contributed by atoms with Gasteiger partial charge in [0.15, 0.2) is 5.58 Å². The number of oxazole rings is 1. The highest BCUT2D eigenvalue weighted by Crippen LogP contribution is 2.21. The summed E-state index contributed by atoms with van der Waals surface area (Å²) in [5.41, 5.74) is 3.23. The Hall–Kier alpha value is -2.40. The maximum atomic E-state index is 12.0. The molecule has 0 unspecified atom stereocenters. The lowest BCUT2D eigenvalue weighted by molar-refractivity contribution is -0.111. The summed E-state index contributed by atoms with van der Waals surface area (Å²) in [5.74, 6) is 0.172. The van der Waals surface area contributed by atoms with Gasteiger partial charge in [-0.15, -0.1) is 0 Å². The summed E-state index contributed by atoms with van der Waals surface area (Å²) >= 11 is 3.39. The predicted octanol–water partition coefficient (Wildman–Crippen LogP) is 4.55. The van der Waals surface area contributed by atoms with Gasteiger partial charge in [-0.2, -0.15) is 0 Å². The number of halogens is 1. The van der Waals surface area contributed by atoms with Crippen LogP contribution < -0.4 is 5.32 Å². The maximum absolute atomic E-state index is 12.0. The van der Waals surface area contributed by atoms with Crippen molar-refractivity contribution in [3.63, 3.8) is 0 Å². The number of aromatic nitrogens is 1. The van der Waals surface area contributed by atoms with E-state index in [1.165, 1.54) is 6.08 Å². The Morgan fingerprint density at radius 3 is 2.91 bits per heavy atom. The van der Waals surface area contributed by atoms with E-state index in [4.69, 9.17) is 4.42 Å². The van der Waals surface area contributed by atoms with Crippen molar-refractivity contribution in [1.29, 1.82) is 0 Å². The Morgan fingerprint density at radius 1 is 1.27 bits per heavy atom. The highest BCUT2D eigenvalue weighted by atomic mass is 79.9. The van der Waals surface area contributed by atoms with E-state index in [1.54, 1.807) is 6.08 Å². The predicted molar refractivity (Wildman–Crippen MR) is 90.6 cm³/mol. The van der Waals surface area contributed by atoms with Gasteiger partial charge >= 0.3 is 0 Å². The minimum Gasteiger partial charge on any atom is -0.437 e. The molecule has 2 aromatic carbocycles. The second-order valence-electron chi connectivity index (χ2n) is 4.80. The van der Waals surface area contributed by atoms with Crippen molar-refractivity contribution in [3.8, 4) is 0 Å². The molecule has 1 aromatic heterocycles. The third kappa shape index (κ3) is 3.26. The van der Waals surface area contributed by atoms with Gasteiger partial charge in [0.05, 0.1) is 0 Å². The van der Waals surface area contributed by atoms with E-state index in [2.05, 4.69) is 26.2 Å². The summed E-state index contributed by atoms with van der Waals surface area (Å²) in [6.45, 7) is 1.94. The third-order valence-corrected chi connectivity index (χ3v) is 3.64. The zero-order chi connectivity index (χ0) is 15.5. The number of nitrogens with zero attached hydrogens (tertiary/aromatic N) is 1. The number of rotatable bonds is 3. The Kier molecular flexibility index (Phi) is 4.06. The average molecular weight is 357 g/mol. The van der Waals surface area contributed by atoms with E-state index >= 15 is 0 Å². The SMILES string of the molecule is Cc1ccc(Br)cc1NC(=O)/C=C/c1nc2ccccc2o1. The van der Waals surface area contributed by atoms with Crippen molar-refractivity contribution in [2.75, 3.05) is 5.32 Å². The van der Waals surface area contributed by atoms with Gasteiger partial charge in [0, 0.05) is 22.3 Å². The molecule has 0 fully saturated rings. The van der Waals surface area contributed by atoms with Crippen LogP contribution in [0.25, 0.3) is 17.2 Å². The highest BCUT2D eigenvalue weighted by molar-refractivity contribution is 9.10. The second-order valence-corrected chi connectivity index (χ2v) is 5.72. The van der Waals surface area contributed by atoms with Gasteiger partial charge in [-0.3, -0.25) is 4.79 Å². The first kappa shape index (κ1) is 14.5. The zero-order valence-corrected chi connectivity index (χ0v) is 13.4. The van der Waals surface area contributed by atoms with E-state index in [-0.39, 0.29) is 5.91 Å². The van der Waals surface area contributed by atoms with Crippen LogP contribution in [0.5, 0.6) is 0 Å². The molecular formula is C17H13BrN2O2. The van der Waals surface area contributed by atoms with Crippen LogP contribution in [0.15, 0.2) is 57.4 Å². The van der Waals surface area contributed by atoms with Gasteiger partial charge in [-0.25, -0.2) is 4.98 Å². The molecule has 0 spiro atoms. The molecule has 5 heteroatoms. The molecule has 110 valence electrons. The molecule has 0 atom stereocenters. The number of nitrogens with one attached hydrogen (secondary N) is 1. The smallest absolute Gasteiger partial charge is 0.248 e. The van der Waals surface area contributed by atoms with Crippen molar-refractivity contribution < 1.29 is 9.21 Å². The van der Waals surface area contributed by atoms with Crippen LogP contribution >= 0.6 is 15.9 Å².